The minimum absolute atomic E-state index is 0.0413. The molecule has 3 aromatic rings. The van der Waals surface area contributed by atoms with Crippen LogP contribution in [0.2, 0.25) is 0 Å². The molecule has 1 aliphatic heterocycles. The number of carbonyl (C=O) groups excluding carboxylic acids is 1. The van der Waals surface area contributed by atoms with Gasteiger partial charge in [-0.2, -0.15) is 4.99 Å². The van der Waals surface area contributed by atoms with Crippen LogP contribution >= 0.6 is 0 Å². The average molecular weight is 431 g/mol. The third kappa shape index (κ3) is 4.36. The molecule has 0 bridgehead atoms. The van der Waals surface area contributed by atoms with Crippen LogP contribution in [0.15, 0.2) is 71.7 Å². The predicted octanol–water partition coefficient (Wildman–Crippen LogP) is 3.83. The van der Waals surface area contributed by atoms with Crippen molar-refractivity contribution in [3.8, 4) is 11.4 Å². The summed E-state index contributed by atoms with van der Waals surface area (Å²) in [5.74, 6) is 0.638. The van der Waals surface area contributed by atoms with Crippen molar-refractivity contribution in [2.75, 3.05) is 7.11 Å². The monoisotopic (exact) mass is 431 g/mol. The van der Waals surface area contributed by atoms with Gasteiger partial charge in [0.2, 0.25) is 0 Å². The van der Waals surface area contributed by atoms with Crippen LogP contribution in [0.3, 0.4) is 0 Å². The maximum absolute atomic E-state index is 12.6. The van der Waals surface area contributed by atoms with Crippen LogP contribution in [-0.4, -0.2) is 44.6 Å². The number of aryl methyl sites for hydroxylation is 1. The van der Waals surface area contributed by atoms with Crippen molar-refractivity contribution in [3.63, 3.8) is 0 Å². The molecule has 1 saturated heterocycles. The van der Waals surface area contributed by atoms with E-state index in [0.29, 0.717) is 17.0 Å². The van der Waals surface area contributed by atoms with Crippen molar-refractivity contribution in [2.24, 2.45) is 4.99 Å². The number of imidazole rings is 1. The first-order chi connectivity index (χ1) is 15.4. The Balaban J connectivity index is 1.69. The van der Waals surface area contributed by atoms with E-state index >= 15 is 0 Å². The number of carbonyl (C=O) groups is 2. The zero-order valence-corrected chi connectivity index (χ0v) is 17.5. The largest absolute Gasteiger partial charge is 0.495 e. The van der Waals surface area contributed by atoms with Gasteiger partial charge < -0.3 is 19.7 Å². The molecule has 2 N–H and O–H groups in total. The standard InChI is InChI=1S/C23H21N5O4/c1-15-12-27(14-24-15)19-9-8-17(11-20(19)32-2)10-18-21(26-23(30)31)28(22(29)25-18)13-16-6-4-3-5-7-16/h3-12,14H,13H2,1-2H3,(H,25,29)(H,30,31)/b18-10-,26-21?. The average Bonchev–Trinajstić information content (AvgIpc) is 3.32. The molecule has 1 aromatic heterocycles. The fourth-order valence-corrected chi connectivity index (χ4v) is 3.42. The predicted molar refractivity (Wildman–Crippen MR) is 119 cm³/mol. The van der Waals surface area contributed by atoms with Gasteiger partial charge in [-0.05, 0) is 36.3 Å². The van der Waals surface area contributed by atoms with Crippen molar-refractivity contribution >= 4 is 24.0 Å². The van der Waals surface area contributed by atoms with E-state index in [1.165, 1.54) is 4.90 Å². The van der Waals surface area contributed by atoms with Crippen LogP contribution in [0.1, 0.15) is 16.8 Å². The summed E-state index contributed by atoms with van der Waals surface area (Å²) in [5, 5.41) is 12.0. The van der Waals surface area contributed by atoms with E-state index in [1.54, 1.807) is 25.6 Å². The number of amidine groups is 1. The molecule has 0 unspecified atom stereocenters. The van der Waals surface area contributed by atoms with Gasteiger partial charge in [0.1, 0.15) is 5.75 Å². The first kappa shape index (κ1) is 20.9. The van der Waals surface area contributed by atoms with Gasteiger partial charge in [-0.15, -0.1) is 0 Å². The zero-order chi connectivity index (χ0) is 22.7. The number of aliphatic imine (C=N–C) groups is 1. The van der Waals surface area contributed by atoms with E-state index < -0.39 is 12.1 Å². The van der Waals surface area contributed by atoms with Crippen molar-refractivity contribution in [3.05, 3.63) is 83.6 Å². The second-order valence-electron chi connectivity index (χ2n) is 7.13. The third-order valence-corrected chi connectivity index (χ3v) is 4.87. The summed E-state index contributed by atoms with van der Waals surface area (Å²) in [5.41, 5.74) is 3.53. The molecule has 9 nitrogen and oxygen atoms in total. The number of benzene rings is 2. The number of hydrogen-bond acceptors (Lipinski definition) is 4. The number of hydrogen-bond donors (Lipinski definition) is 2. The molecule has 162 valence electrons. The van der Waals surface area contributed by atoms with Crippen molar-refractivity contribution in [2.45, 2.75) is 13.5 Å². The van der Waals surface area contributed by atoms with Gasteiger partial charge in [0.05, 0.1) is 37.1 Å². The highest BCUT2D eigenvalue weighted by Gasteiger charge is 2.32. The maximum atomic E-state index is 12.6. The number of methoxy groups -OCH3 is 1. The lowest BCUT2D eigenvalue weighted by Crippen LogP contribution is -2.30. The Hall–Kier alpha value is -4.40. The lowest BCUT2D eigenvalue weighted by molar-refractivity contribution is 0.205. The van der Waals surface area contributed by atoms with Crippen LogP contribution in [-0.2, 0) is 6.54 Å². The summed E-state index contributed by atoms with van der Waals surface area (Å²) in [7, 11) is 1.57. The first-order valence-corrected chi connectivity index (χ1v) is 9.79. The summed E-state index contributed by atoms with van der Waals surface area (Å²) < 4.78 is 7.38. The third-order valence-electron chi connectivity index (χ3n) is 4.87. The summed E-state index contributed by atoms with van der Waals surface area (Å²) in [6, 6.07) is 14.3. The number of amides is 3. The van der Waals surface area contributed by atoms with E-state index in [2.05, 4.69) is 15.3 Å². The fourth-order valence-electron chi connectivity index (χ4n) is 3.42. The molecule has 0 saturated carbocycles. The fraction of sp³-hybridized carbons (Fsp3) is 0.130. The van der Waals surface area contributed by atoms with Crippen molar-refractivity contribution in [1.82, 2.24) is 19.8 Å². The Morgan fingerprint density at radius 3 is 2.69 bits per heavy atom. The molecule has 4 rings (SSSR count). The number of nitrogens with one attached hydrogen (secondary N) is 1. The Morgan fingerprint density at radius 1 is 1.25 bits per heavy atom. The molecule has 9 heteroatoms. The Bertz CT molecular complexity index is 1230. The summed E-state index contributed by atoms with van der Waals surface area (Å²) in [6.45, 7) is 2.09. The molecular formula is C23H21N5O4. The SMILES string of the molecule is COc1cc(/C=C2\NC(=O)N(Cc3ccccc3)C2=NC(=O)O)ccc1-n1cnc(C)c1. The highest BCUT2D eigenvalue weighted by Crippen LogP contribution is 2.26. The molecule has 0 radical (unpaired) electrons. The zero-order valence-electron chi connectivity index (χ0n) is 17.5. The minimum Gasteiger partial charge on any atom is -0.495 e. The van der Waals surface area contributed by atoms with Crippen LogP contribution in [0.5, 0.6) is 5.75 Å². The van der Waals surface area contributed by atoms with E-state index in [-0.39, 0.29) is 12.4 Å². The van der Waals surface area contributed by atoms with Crippen LogP contribution in [0.4, 0.5) is 9.59 Å². The number of rotatable bonds is 5. The van der Waals surface area contributed by atoms with Crippen molar-refractivity contribution in [1.29, 1.82) is 0 Å². The normalized spacial score (nSPS) is 15.9. The van der Waals surface area contributed by atoms with E-state index in [9.17, 15) is 14.7 Å². The Kier molecular flexibility index (Phi) is 5.71. The van der Waals surface area contributed by atoms with Crippen molar-refractivity contribution < 1.29 is 19.4 Å². The molecule has 0 atom stereocenters. The summed E-state index contributed by atoms with van der Waals surface area (Å²) in [6.07, 6.45) is 3.85. The molecule has 1 aliphatic rings. The second kappa shape index (κ2) is 8.76. The molecular weight excluding hydrogens is 410 g/mol. The topological polar surface area (TPSA) is 109 Å². The van der Waals surface area contributed by atoms with Gasteiger partial charge in [-0.25, -0.2) is 14.6 Å². The molecule has 0 aliphatic carbocycles. The lowest BCUT2D eigenvalue weighted by atomic mass is 10.1. The highest BCUT2D eigenvalue weighted by molar-refractivity contribution is 6.18. The highest BCUT2D eigenvalue weighted by atomic mass is 16.5. The number of aromatic nitrogens is 2. The lowest BCUT2D eigenvalue weighted by Gasteiger charge is -2.14. The maximum Gasteiger partial charge on any atom is 0.433 e. The summed E-state index contributed by atoms with van der Waals surface area (Å²) in [4.78, 5) is 33.1. The quantitative estimate of drug-likeness (QED) is 0.638. The minimum atomic E-state index is -1.39. The number of nitrogens with zero attached hydrogens (tertiary/aromatic N) is 4. The molecule has 2 heterocycles. The van der Waals surface area contributed by atoms with E-state index in [1.807, 2.05) is 60.2 Å². The Labute approximate surface area is 184 Å². The van der Waals surface area contributed by atoms with Gasteiger partial charge in [0.15, 0.2) is 5.84 Å². The van der Waals surface area contributed by atoms with Crippen LogP contribution < -0.4 is 10.1 Å². The van der Waals surface area contributed by atoms with Crippen LogP contribution in [0, 0.1) is 6.92 Å². The number of ether oxygens (including phenoxy) is 1. The molecule has 1 fully saturated rings. The van der Waals surface area contributed by atoms with Gasteiger partial charge in [0, 0.05) is 6.20 Å². The smallest absolute Gasteiger partial charge is 0.433 e. The second-order valence-corrected chi connectivity index (χ2v) is 7.13. The first-order valence-electron chi connectivity index (χ1n) is 9.79. The van der Waals surface area contributed by atoms with Gasteiger partial charge in [0.25, 0.3) is 0 Å². The van der Waals surface area contributed by atoms with Crippen LogP contribution in [0.25, 0.3) is 11.8 Å². The van der Waals surface area contributed by atoms with Gasteiger partial charge in [-0.3, -0.25) is 4.90 Å². The Morgan fingerprint density at radius 2 is 2.03 bits per heavy atom. The molecule has 32 heavy (non-hydrogen) atoms. The van der Waals surface area contributed by atoms with E-state index in [0.717, 1.165) is 16.9 Å². The van der Waals surface area contributed by atoms with Gasteiger partial charge in [-0.1, -0.05) is 36.4 Å². The molecule has 0 spiro atoms. The number of carboxylic acid groups (broad SMARTS) is 1. The van der Waals surface area contributed by atoms with Gasteiger partial charge >= 0.3 is 12.1 Å². The van der Waals surface area contributed by atoms with E-state index in [4.69, 9.17) is 4.74 Å². The number of urea groups is 1. The summed E-state index contributed by atoms with van der Waals surface area (Å²) >= 11 is 0. The molecule has 2 aromatic carbocycles. The molecule has 3 amide bonds.